The van der Waals surface area contributed by atoms with Gasteiger partial charge in [0.1, 0.15) is 0 Å². The first-order valence-corrected chi connectivity index (χ1v) is 13.3. The second-order valence-corrected chi connectivity index (χ2v) is 13.9. The lowest BCUT2D eigenvalue weighted by atomic mass is 9.60. The van der Waals surface area contributed by atoms with Gasteiger partial charge in [0.2, 0.25) is 0 Å². The smallest absolute Gasteiger partial charge is 0.0678 e. The zero-order valence-electron chi connectivity index (χ0n) is 25.1. The molecule has 0 bridgehead atoms. The van der Waals surface area contributed by atoms with Crippen molar-refractivity contribution in [1.29, 1.82) is 0 Å². The van der Waals surface area contributed by atoms with Crippen molar-refractivity contribution in [3.63, 3.8) is 0 Å². The van der Waals surface area contributed by atoms with Crippen LogP contribution in [-0.2, 0) is 14.2 Å². The van der Waals surface area contributed by atoms with Crippen LogP contribution >= 0.6 is 0 Å². The summed E-state index contributed by atoms with van der Waals surface area (Å²) in [6, 6.07) is 0. The summed E-state index contributed by atoms with van der Waals surface area (Å²) in [5.41, 5.74) is -0.851. The average molecular weight is 489 g/mol. The molecule has 0 radical (unpaired) electrons. The van der Waals surface area contributed by atoms with Crippen molar-refractivity contribution in [3.8, 4) is 0 Å². The third-order valence-corrected chi connectivity index (χ3v) is 9.17. The Morgan fingerprint density at radius 3 is 1.32 bits per heavy atom. The molecule has 5 heteroatoms. The normalized spacial score (nSPS) is 15.6. The topological polar surface area (TPSA) is 68.2 Å². The predicted octanol–water partition coefficient (Wildman–Crippen LogP) is 6.63. The number of aliphatic hydroxyl groups is 2. The SMILES string of the molecule is CC(COC(C)(C)C(C)(C)CCOC(C)(C)CCO)C(C)(C)C(C)(C)CCOC(C)(C)CCO. The highest BCUT2D eigenvalue weighted by Crippen LogP contribution is 2.48. The minimum atomic E-state index is -0.309. The summed E-state index contributed by atoms with van der Waals surface area (Å²) in [5.74, 6) is 0.364. The minimum absolute atomic E-state index is 0.0507. The van der Waals surface area contributed by atoms with Gasteiger partial charge in [-0.3, -0.25) is 0 Å². The first kappa shape index (κ1) is 33.8. The molecule has 1 atom stereocenters. The van der Waals surface area contributed by atoms with E-state index in [0.29, 0.717) is 38.6 Å². The maximum atomic E-state index is 9.24. The molecular weight excluding hydrogens is 428 g/mol. The molecule has 5 nitrogen and oxygen atoms in total. The maximum absolute atomic E-state index is 9.24. The van der Waals surface area contributed by atoms with Crippen molar-refractivity contribution in [2.75, 3.05) is 33.0 Å². The van der Waals surface area contributed by atoms with E-state index in [4.69, 9.17) is 14.2 Å². The van der Waals surface area contributed by atoms with Gasteiger partial charge in [-0.05, 0) is 89.4 Å². The Morgan fingerprint density at radius 1 is 0.559 bits per heavy atom. The van der Waals surface area contributed by atoms with E-state index in [0.717, 1.165) is 12.8 Å². The van der Waals surface area contributed by atoms with Crippen molar-refractivity contribution < 1.29 is 24.4 Å². The van der Waals surface area contributed by atoms with Gasteiger partial charge in [0.05, 0.1) is 23.4 Å². The van der Waals surface area contributed by atoms with Crippen molar-refractivity contribution >= 4 is 0 Å². The third kappa shape index (κ3) is 10.4. The Morgan fingerprint density at radius 2 is 0.941 bits per heavy atom. The lowest BCUT2D eigenvalue weighted by Crippen LogP contribution is -2.46. The zero-order chi connectivity index (χ0) is 27.1. The lowest BCUT2D eigenvalue weighted by molar-refractivity contribution is -0.141. The van der Waals surface area contributed by atoms with Crippen LogP contribution in [0.3, 0.4) is 0 Å². The second-order valence-electron chi connectivity index (χ2n) is 13.9. The standard InChI is InChI=1S/C29H60O5/c1-23(28(10,11)24(2,3)16-20-32-26(6,7)14-18-30)22-34-29(12,13)25(4,5)17-21-33-27(8,9)15-19-31/h23,30-31H,14-22H2,1-13H3. The van der Waals surface area contributed by atoms with Gasteiger partial charge in [0.15, 0.2) is 0 Å². The molecule has 0 amide bonds. The van der Waals surface area contributed by atoms with Gasteiger partial charge in [-0.2, -0.15) is 0 Å². The highest BCUT2D eigenvalue weighted by Gasteiger charge is 2.43. The number of hydrogen-bond acceptors (Lipinski definition) is 5. The molecule has 0 heterocycles. The van der Waals surface area contributed by atoms with Crippen LogP contribution in [0.5, 0.6) is 0 Å². The molecule has 34 heavy (non-hydrogen) atoms. The molecule has 206 valence electrons. The van der Waals surface area contributed by atoms with Gasteiger partial charge >= 0.3 is 0 Å². The fraction of sp³-hybridized carbons (Fsp3) is 1.00. The van der Waals surface area contributed by atoms with Crippen LogP contribution in [0.2, 0.25) is 0 Å². The second kappa shape index (κ2) is 12.9. The Hall–Kier alpha value is -0.200. The first-order valence-electron chi connectivity index (χ1n) is 13.3. The van der Waals surface area contributed by atoms with Crippen LogP contribution in [0.1, 0.15) is 116 Å². The van der Waals surface area contributed by atoms with Crippen molar-refractivity contribution in [3.05, 3.63) is 0 Å². The summed E-state index contributed by atoms with van der Waals surface area (Å²) in [4.78, 5) is 0. The molecule has 0 aliphatic heterocycles. The van der Waals surface area contributed by atoms with E-state index < -0.39 is 0 Å². The van der Waals surface area contributed by atoms with E-state index >= 15 is 0 Å². The van der Waals surface area contributed by atoms with E-state index in [1.165, 1.54) is 0 Å². The Balaban J connectivity index is 4.96. The summed E-state index contributed by atoms with van der Waals surface area (Å²) in [5, 5.41) is 18.5. The monoisotopic (exact) mass is 488 g/mol. The van der Waals surface area contributed by atoms with Crippen LogP contribution in [-0.4, -0.2) is 60.1 Å². The Kier molecular flexibility index (Phi) is 12.8. The molecule has 0 saturated heterocycles. The van der Waals surface area contributed by atoms with Gasteiger partial charge in [0, 0.05) is 26.4 Å². The molecule has 2 N–H and O–H groups in total. The zero-order valence-corrected chi connectivity index (χ0v) is 25.1. The number of hydrogen-bond donors (Lipinski definition) is 2. The van der Waals surface area contributed by atoms with E-state index in [1.54, 1.807) is 0 Å². The van der Waals surface area contributed by atoms with Crippen LogP contribution in [0.15, 0.2) is 0 Å². The number of rotatable bonds is 18. The molecule has 1 unspecified atom stereocenters. The quantitative estimate of drug-likeness (QED) is 0.227. The highest BCUT2D eigenvalue weighted by molar-refractivity contribution is 4.92. The Bertz CT molecular complexity index is 575. The van der Waals surface area contributed by atoms with Crippen LogP contribution in [0.25, 0.3) is 0 Å². The van der Waals surface area contributed by atoms with Gasteiger partial charge in [0.25, 0.3) is 0 Å². The van der Waals surface area contributed by atoms with Crippen molar-refractivity contribution in [2.45, 2.75) is 132 Å². The van der Waals surface area contributed by atoms with Gasteiger partial charge in [-0.1, -0.05) is 48.5 Å². The highest BCUT2D eigenvalue weighted by atomic mass is 16.5. The first-order chi connectivity index (χ1) is 15.2. The molecule has 0 aromatic rings. The lowest BCUT2D eigenvalue weighted by Gasteiger charge is -2.48. The number of aliphatic hydroxyl groups excluding tert-OH is 2. The molecule has 0 aromatic carbocycles. The predicted molar refractivity (Wildman–Crippen MR) is 143 cm³/mol. The maximum Gasteiger partial charge on any atom is 0.0678 e. The summed E-state index contributed by atoms with van der Waals surface area (Å²) in [7, 11) is 0. The molecule has 0 aliphatic rings. The molecule has 0 fully saturated rings. The van der Waals surface area contributed by atoms with Gasteiger partial charge < -0.3 is 24.4 Å². The van der Waals surface area contributed by atoms with Crippen molar-refractivity contribution in [1.82, 2.24) is 0 Å². The molecule has 0 aromatic heterocycles. The van der Waals surface area contributed by atoms with Gasteiger partial charge in [-0.25, -0.2) is 0 Å². The molecule has 0 rings (SSSR count). The average Bonchev–Trinajstić information content (AvgIpc) is 2.64. The third-order valence-electron chi connectivity index (χ3n) is 9.17. The summed E-state index contributed by atoms with van der Waals surface area (Å²) in [6.45, 7) is 31.0. The molecular formula is C29H60O5. The fourth-order valence-corrected chi connectivity index (χ4v) is 3.88. The molecule has 0 spiro atoms. The van der Waals surface area contributed by atoms with E-state index in [2.05, 4.69) is 62.3 Å². The van der Waals surface area contributed by atoms with E-state index in [1.807, 2.05) is 27.7 Å². The van der Waals surface area contributed by atoms with Gasteiger partial charge in [-0.15, -0.1) is 0 Å². The summed E-state index contributed by atoms with van der Waals surface area (Å²) >= 11 is 0. The minimum Gasteiger partial charge on any atom is -0.396 e. The van der Waals surface area contributed by atoms with E-state index in [-0.39, 0.29) is 46.3 Å². The van der Waals surface area contributed by atoms with Crippen LogP contribution in [0, 0.1) is 22.2 Å². The van der Waals surface area contributed by atoms with E-state index in [9.17, 15) is 10.2 Å². The molecule has 0 aliphatic carbocycles. The largest absolute Gasteiger partial charge is 0.396 e. The molecule has 0 saturated carbocycles. The van der Waals surface area contributed by atoms with Crippen molar-refractivity contribution in [2.24, 2.45) is 22.2 Å². The Labute approximate surface area is 212 Å². The fourth-order valence-electron chi connectivity index (χ4n) is 3.88. The summed E-state index contributed by atoms with van der Waals surface area (Å²) < 4.78 is 18.8. The van der Waals surface area contributed by atoms with Crippen LogP contribution < -0.4 is 0 Å². The van der Waals surface area contributed by atoms with Crippen LogP contribution in [0.4, 0.5) is 0 Å². The summed E-state index contributed by atoms with van der Waals surface area (Å²) in [6.07, 6.45) is 3.13. The number of ether oxygens (including phenoxy) is 3.